The van der Waals surface area contributed by atoms with E-state index in [1.54, 1.807) is 6.07 Å². The Morgan fingerprint density at radius 3 is 1.90 bits per heavy atom. The van der Waals surface area contributed by atoms with Crippen molar-refractivity contribution in [1.82, 2.24) is 0 Å². The Labute approximate surface area is 174 Å². The fourth-order valence-corrected chi connectivity index (χ4v) is 3.65. The largest absolute Gasteiger partial charge is 0.505 e. The molecule has 0 aliphatic carbocycles. The van der Waals surface area contributed by atoms with Crippen LogP contribution >= 0.6 is 0 Å². The van der Waals surface area contributed by atoms with Crippen LogP contribution in [0.25, 0.3) is 0 Å². The van der Waals surface area contributed by atoms with Crippen molar-refractivity contribution in [2.24, 2.45) is 0 Å². The van der Waals surface area contributed by atoms with Crippen LogP contribution in [0.15, 0.2) is 53.4 Å². The molecule has 0 aromatic heterocycles. The van der Waals surface area contributed by atoms with Gasteiger partial charge in [-0.1, -0.05) is 30.3 Å². The van der Waals surface area contributed by atoms with E-state index < -0.39 is 77.5 Å². The summed E-state index contributed by atoms with van der Waals surface area (Å²) in [4.78, 5) is 23.1. The third-order valence-corrected chi connectivity index (χ3v) is 5.25. The Kier molecular flexibility index (Phi) is 5.83. The third kappa shape index (κ3) is 3.55. The van der Waals surface area contributed by atoms with Crippen molar-refractivity contribution in [2.45, 2.75) is 35.9 Å². The molecule has 2 unspecified atom stereocenters. The van der Waals surface area contributed by atoms with E-state index in [1.807, 2.05) is 0 Å². The zero-order chi connectivity index (χ0) is 23.1. The predicted octanol–water partition coefficient (Wildman–Crippen LogP) is -1.28. The number of ether oxygens (including phenoxy) is 2. The first-order chi connectivity index (χ1) is 14.5. The number of hydrogen-bond acceptors (Lipinski definition) is 12. The molecule has 12 nitrogen and oxygen atoms in total. The first-order valence-corrected chi connectivity index (χ1v) is 8.95. The number of carbonyl (C=O) groups excluding carboxylic acids is 2. The van der Waals surface area contributed by atoms with Crippen LogP contribution in [0.2, 0.25) is 0 Å². The summed E-state index contributed by atoms with van der Waals surface area (Å²) in [5.74, 6) is -9.08. The van der Waals surface area contributed by atoms with Crippen LogP contribution in [0.3, 0.4) is 0 Å². The zero-order valence-corrected chi connectivity index (χ0v) is 15.7. The highest BCUT2D eigenvalue weighted by Crippen LogP contribution is 2.42. The van der Waals surface area contributed by atoms with E-state index >= 15 is 0 Å². The Balaban J connectivity index is 2.07. The summed E-state index contributed by atoms with van der Waals surface area (Å²) < 4.78 is 9.39. The van der Waals surface area contributed by atoms with Crippen LogP contribution < -0.4 is 0 Å². The second-order valence-electron chi connectivity index (χ2n) is 7.10. The van der Waals surface area contributed by atoms with Gasteiger partial charge in [0, 0.05) is 5.92 Å². The van der Waals surface area contributed by atoms with Gasteiger partial charge in [0.15, 0.2) is 23.7 Å². The molecule has 31 heavy (non-hydrogen) atoms. The quantitative estimate of drug-likeness (QED) is 0.233. The normalized spacial score (nSPS) is 26.3. The molecule has 2 heterocycles. The lowest BCUT2D eigenvalue weighted by Crippen LogP contribution is -2.58. The highest BCUT2D eigenvalue weighted by atomic mass is 16.6. The molecule has 12 heteroatoms. The van der Waals surface area contributed by atoms with Crippen molar-refractivity contribution in [3.8, 4) is 0 Å². The van der Waals surface area contributed by atoms with Gasteiger partial charge < -0.3 is 50.3 Å². The summed E-state index contributed by atoms with van der Waals surface area (Å²) in [5, 5.41) is 81.6. The molecule has 2 aliphatic rings. The smallest absolute Gasteiger partial charge is 0.378 e. The molecule has 0 fully saturated rings. The first kappa shape index (κ1) is 22.4. The zero-order valence-electron chi connectivity index (χ0n) is 15.7. The van der Waals surface area contributed by atoms with Crippen molar-refractivity contribution in [3.05, 3.63) is 58.9 Å². The van der Waals surface area contributed by atoms with Crippen LogP contribution in [-0.2, 0) is 19.1 Å². The molecule has 0 spiro atoms. The van der Waals surface area contributed by atoms with E-state index in [0.29, 0.717) is 0 Å². The van der Waals surface area contributed by atoms with E-state index in [4.69, 9.17) is 4.74 Å². The lowest BCUT2D eigenvalue weighted by Gasteiger charge is -2.42. The number of esters is 2. The molecule has 0 amide bonds. The molecule has 6 atom stereocenters. The van der Waals surface area contributed by atoms with Gasteiger partial charge in [-0.15, -0.1) is 0 Å². The second kappa shape index (κ2) is 8.07. The molecule has 3 rings (SSSR count). The van der Waals surface area contributed by atoms with E-state index in [2.05, 4.69) is 4.74 Å². The van der Waals surface area contributed by atoms with E-state index in [9.17, 15) is 50.4 Å². The standard InChI is InChI=1S/C19H20O12/c20-6-19(29,16-12(24)14(26)18(28)31-16)8(7-4-2-1-3-5-7)9(21)10(22)15-11(23)13(25)17(27)30-15/h1-5,8-10,15-16,20-26,29H,6H2/t8?,9?,10-,15+,16-,19-/m0/s1. The monoisotopic (exact) mass is 440 g/mol. The number of rotatable bonds is 7. The maximum absolute atomic E-state index is 11.6. The van der Waals surface area contributed by atoms with Gasteiger partial charge in [0.1, 0.15) is 11.7 Å². The number of hydrogen-bond donors (Lipinski definition) is 8. The predicted molar refractivity (Wildman–Crippen MR) is 97.6 cm³/mol. The molecule has 2 aliphatic heterocycles. The van der Waals surface area contributed by atoms with Gasteiger partial charge >= 0.3 is 11.9 Å². The minimum absolute atomic E-state index is 0.0675. The highest BCUT2D eigenvalue weighted by molar-refractivity contribution is 5.89. The molecule has 168 valence electrons. The third-order valence-electron chi connectivity index (χ3n) is 5.25. The SMILES string of the molecule is O=C1O[C@H]([C@@H](O)C(O)C(c2ccccc2)[C@@](O)(CO)[C@H]2OC(=O)C(O)=C2O)C(O)=C1O. The summed E-state index contributed by atoms with van der Waals surface area (Å²) in [5.41, 5.74) is -2.64. The second-order valence-corrected chi connectivity index (χ2v) is 7.10. The first-order valence-electron chi connectivity index (χ1n) is 8.95. The van der Waals surface area contributed by atoms with Gasteiger partial charge in [0.05, 0.1) is 12.7 Å². The summed E-state index contributed by atoms with van der Waals surface area (Å²) in [6.45, 7) is -1.25. The molecule has 0 saturated heterocycles. The highest BCUT2D eigenvalue weighted by Gasteiger charge is 2.57. The topological polar surface area (TPSA) is 214 Å². The fourth-order valence-electron chi connectivity index (χ4n) is 3.65. The van der Waals surface area contributed by atoms with Crippen LogP contribution in [0, 0.1) is 0 Å². The number of aliphatic hydroxyl groups excluding tert-OH is 7. The summed E-state index contributed by atoms with van der Waals surface area (Å²) in [7, 11) is 0. The van der Waals surface area contributed by atoms with Crippen molar-refractivity contribution < 1.29 is 59.9 Å². The number of benzene rings is 1. The lowest BCUT2D eigenvalue weighted by atomic mass is 9.73. The fraction of sp³-hybridized carbons (Fsp3) is 0.368. The summed E-state index contributed by atoms with van der Waals surface area (Å²) in [6, 6.07) is 7.27. The number of cyclic esters (lactones) is 2. The van der Waals surface area contributed by atoms with Gasteiger partial charge in [-0.2, -0.15) is 0 Å². The van der Waals surface area contributed by atoms with Crippen LogP contribution in [0.5, 0.6) is 0 Å². The summed E-state index contributed by atoms with van der Waals surface area (Å²) >= 11 is 0. The number of carbonyl (C=O) groups is 2. The minimum atomic E-state index is -2.71. The maximum atomic E-state index is 11.6. The average Bonchev–Trinajstić information content (AvgIpc) is 3.18. The molecule has 1 aromatic carbocycles. The van der Waals surface area contributed by atoms with Crippen LogP contribution in [-0.4, -0.2) is 89.4 Å². The van der Waals surface area contributed by atoms with E-state index in [1.165, 1.54) is 24.3 Å². The van der Waals surface area contributed by atoms with Gasteiger partial charge in [0.2, 0.25) is 11.5 Å². The van der Waals surface area contributed by atoms with Crippen LogP contribution in [0.1, 0.15) is 11.5 Å². The minimum Gasteiger partial charge on any atom is -0.505 e. The van der Waals surface area contributed by atoms with Crippen molar-refractivity contribution >= 4 is 11.9 Å². The number of aliphatic hydroxyl groups is 8. The Bertz CT molecular complexity index is 938. The van der Waals surface area contributed by atoms with E-state index in [0.717, 1.165) is 0 Å². The molecular formula is C19H20O12. The molecule has 1 aromatic rings. The average molecular weight is 440 g/mol. The molecule has 0 bridgehead atoms. The van der Waals surface area contributed by atoms with Crippen molar-refractivity contribution in [2.75, 3.05) is 6.61 Å². The van der Waals surface area contributed by atoms with Crippen molar-refractivity contribution in [3.63, 3.8) is 0 Å². The molecule has 8 N–H and O–H groups in total. The van der Waals surface area contributed by atoms with Gasteiger partial charge in [-0.05, 0) is 5.56 Å². The molecule has 0 radical (unpaired) electrons. The van der Waals surface area contributed by atoms with E-state index in [-0.39, 0.29) is 5.56 Å². The van der Waals surface area contributed by atoms with Gasteiger partial charge in [0.25, 0.3) is 0 Å². The molecular weight excluding hydrogens is 420 g/mol. The molecule has 0 saturated carbocycles. The van der Waals surface area contributed by atoms with Crippen LogP contribution in [0.4, 0.5) is 0 Å². The Hall–Kier alpha value is -3.32. The summed E-state index contributed by atoms with van der Waals surface area (Å²) in [6.07, 6.45) is -8.26. The Morgan fingerprint density at radius 2 is 1.45 bits per heavy atom. The van der Waals surface area contributed by atoms with Crippen molar-refractivity contribution in [1.29, 1.82) is 0 Å². The Morgan fingerprint density at radius 1 is 0.903 bits per heavy atom. The maximum Gasteiger partial charge on any atom is 0.378 e. The van der Waals surface area contributed by atoms with Gasteiger partial charge in [-0.3, -0.25) is 0 Å². The lowest BCUT2D eigenvalue weighted by molar-refractivity contribution is -0.181. The van der Waals surface area contributed by atoms with Gasteiger partial charge in [-0.25, -0.2) is 9.59 Å².